The summed E-state index contributed by atoms with van der Waals surface area (Å²) in [5.41, 5.74) is 7.81. The molecule has 1 heterocycles. The maximum Gasteiger partial charge on any atom is 0.251 e. The van der Waals surface area contributed by atoms with E-state index in [1.54, 1.807) is 24.5 Å². The molecule has 0 spiro atoms. The second kappa shape index (κ2) is 7.07. The molecule has 1 amide bonds. The fourth-order valence-corrected chi connectivity index (χ4v) is 1.72. The SMILES string of the molecule is NCC#Cc1ccccc1CNC(=O)c1ccncc1. The average molecular weight is 265 g/mol. The number of rotatable bonds is 3. The van der Waals surface area contributed by atoms with Gasteiger partial charge in [-0.15, -0.1) is 0 Å². The molecule has 2 rings (SSSR count). The second-order valence-corrected chi connectivity index (χ2v) is 4.08. The van der Waals surface area contributed by atoms with Crippen molar-refractivity contribution in [3.05, 3.63) is 65.5 Å². The minimum atomic E-state index is -0.131. The van der Waals surface area contributed by atoms with Crippen molar-refractivity contribution in [1.82, 2.24) is 10.3 Å². The molecule has 0 unspecified atom stereocenters. The lowest BCUT2D eigenvalue weighted by atomic mass is 10.1. The highest BCUT2D eigenvalue weighted by Crippen LogP contribution is 2.07. The van der Waals surface area contributed by atoms with Gasteiger partial charge in [0.1, 0.15) is 0 Å². The van der Waals surface area contributed by atoms with Gasteiger partial charge in [-0.3, -0.25) is 9.78 Å². The van der Waals surface area contributed by atoms with Crippen LogP contribution in [0.2, 0.25) is 0 Å². The molecule has 0 aliphatic rings. The molecule has 2 aromatic rings. The molecule has 3 N–H and O–H groups in total. The van der Waals surface area contributed by atoms with Crippen LogP contribution in [0.25, 0.3) is 0 Å². The standard InChI is InChI=1S/C16H15N3O/c17-9-3-6-13-4-1-2-5-15(13)12-19-16(20)14-7-10-18-11-8-14/h1-2,4-5,7-8,10-11H,9,12,17H2,(H,19,20). The smallest absolute Gasteiger partial charge is 0.251 e. The maximum atomic E-state index is 11.9. The van der Waals surface area contributed by atoms with Crippen LogP contribution in [0.5, 0.6) is 0 Å². The van der Waals surface area contributed by atoms with E-state index in [-0.39, 0.29) is 5.91 Å². The average Bonchev–Trinajstić information content (AvgIpc) is 2.52. The van der Waals surface area contributed by atoms with Gasteiger partial charge in [-0.25, -0.2) is 0 Å². The van der Waals surface area contributed by atoms with E-state index in [1.165, 1.54) is 0 Å². The lowest BCUT2D eigenvalue weighted by molar-refractivity contribution is 0.0951. The Morgan fingerprint density at radius 2 is 1.95 bits per heavy atom. The number of hydrogen-bond donors (Lipinski definition) is 2. The monoisotopic (exact) mass is 265 g/mol. The van der Waals surface area contributed by atoms with Crippen LogP contribution < -0.4 is 11.1 Å². The van der Waals surface area contributed by atoms with Crippen LogP contribution in [-0.2, 0) is 6.54 Å². The second-order valence-electron chi connectivity index (χ2n) is 4.08. The van der Waals surface area contributed by atoms with Crippen molar-refractivity contribution >= 4 is 5.91 Å². The van der Waals surface area contributed by atoms with E-state index < -0.39 is 0 Å². The number of nitrogens with one attached hydrogen (secondary N) is 1. The van der Waals surface area contributed by atoms with E-state index in [2.05, 4.69) is 22.1 Å². The van der Waals surface area contributed by atoms with E-state index >= 15 is 0 Å². The minimum Gasteiger partial charge on any atom is -0.348 e. The molecule has 1 aromatic carbocycles. The third-order valence-corrected chi connectivity index (χ3v) is 2.72. The first-order chi connectivity index (χ1) is 9.81. The lowest BCUT2D eigenvalue weighted by Gasteiger charge is -2.07. The summed E-state index contributed by atoms with van der Waals surface area (Å²) >= 11 is 0. The molecule has 4 heteroatoms. The topological polar surface area (TPSA) is 68.0 Å². The molecule has 4 nitrogen and oxygen atoms in total. The minimum absolute atomic E-state index is 0.131. The van der Waals surface area contributed by atoms with Crippen molar-refractivity contribution in [3.63, 3.8) is 0 Å². The summed E-state index contributed by atoms with van der Waals surface area (Å²) in [7, 11) is 0. The highest BCUT2D eigenvalue weighted by molar-refractivity contribution is 5.93. The number of carbonyl (C=O) groups is 1. The molecule has 0 saturated heterocycles. The third-order valence-electron chi connectivity index (χ3n) is 2.72. The molecule has 100 valence electrons. The number of carbonyl (C=O) groups excluding carboxylic acids is 1. The highest BCUT2D eigenvalue weighted by atomic mass is 16.1. The van der Waals surface area contributed by atoms with Gasteiger partial charge in [0, 0.05) is 30.1 Å². The molecule has 0 bridgehead atoms. The summed E-state index contributed by atoms with van der Waals surface area (Å²) in [6, 6.07) is 11.0. The molecule has 0 aliphatic carbocycles. The molecule has 0 radical (unpaired) electrons. The Labute approximate surface area is 118 Å². The van der Waals surface area contributed by atoms with Crippen molar-refractivity contribution in [2.75, 3.05) is 6.54 Å². The summed E-state index contributed by atoms with van der Waals surface area (Å²) in [4.78, 5) is 15.8. The molecular weight excluding hydrogens is 250 g/mol. The predicted octanol–water partition coefficient (Wildman–Crippen LogP) is 1.32. The molecule has 0 fully saturated rings. The number of aromatic nitrogens is 1. The van der Waals surface area contributed by atoms with Crippen LogP contribution >= 0.6 is 0 Å². The van der Waals surface area contributed by atoms with Crippen molar-refractivity contribution < 1.29 is 4.79 Å². The van der Waals surface area contributed by atoms with Crippen molar-refractivity contribution in [1.29, 1.82) is 0 Å². The van der Waals surface area contributed by atoms with Gasteiger partial charge < -0.3 is 11.1 Å². The summed E-state index contributed by atoms with van der Waals surface area (Å²) in [6.07, 6.45) is 3.19. The Morgan fingerprint density at radius 1 is 1.20 bits per heavy atom. The number of benzene rings is 1. The van der Waals surface area contributed by atoms with E-state index in [9.17, 15) is 4.79 Å². The van der Waals surface area contributed by atoms with Crippen LogP contribution in [0.3, 0.4) is 0 Å². The fraction of sp³-hybridized carbons (Fsp3) is 0.125. The van der Waals surface area contributed by atoms with Gasteiger partial charge in [0.05, 0.1) is 6.54 Å². The molecule has 0 saturated carbocycles. The first kappa shape index (κ1) is 13.8. The Hall–Kier alpha value is -2.64. The Morgan fingerprint density at radius 3 is 2.70 bits per heavy atom. The summed E-state index contributed by atoms with van der Waals surface area (Å²) in [5, 5.41) is 2.87. The van der Waals surface area contributed by atoms with Crippen LogP contribution in [0.4, 0.5) is 0 Å². The van der Waals surface area contributed by atoms with Gasteiger partial charge >= 0.3 is 0 Å². The van der Waals surface area contributed by atoms with Gasteiger partial charge in [-0.2, -0.15) is 0 Å². The van der Waals surface area contributed by atoms with Gasteiger partial charge in [0.25, 0.3) is 5.91 Å². The molecule has 0 atom stereocenters. The van der Waals surface area contributed by atoms with E-state index in [0.29, 0.717) is 18.7 Å². The van der Waals surface area contributed by atoms with Gasteiger partial charge in [-0.05, 0) is 23.8 Å². The first-order valence-electron chi connectivity index (χ1n) is 6.26. The summed E-state index contributed by atoms with van der Waals surface area (Å²) < 4.78 is 0. The largest absolute Gasteiger partial charge is 0.348 e. The quantitative estimate of drug-likeness (QED) is 0.822. The zero-order valence-electron chi connectivity index (χ0n) is 11.0. The third kappa shape index (κ3) is 3.67. The van der Waals surface area contributed by atoms with E-state index in [1.807, 2.05) is 24.3 Å². The number of hydrogen-bond acceptors (Lipinski definition) is 3. The van der Waals surface area contributed by atoms with Crippen LogP contribution in [0, 0.1) is 11.8 Å². The fourth-order valence-electron chi connectivity index (χ4n) is 1.72. The molecule has 0 aliphatic heterocycles. The van der Waals surface area contributed by atoms with E-state index in [0.717, 1.165) is 11.1 Å². The Balaban J connectivity index is 2.06. The molecular formula is C16H15N3O. The molecule has 1 aromatic heterocycles. The number of nitrogens with zero attached hydrogens (tertiary/aromatic N) is 1. The van der Waals surface area contributed by atoms with Crippen molar-refractivity contribution in [2.24, 2.45) is 5.73 Å². The zero-order chi connectivity index (χ0) is 14.2. The van der Waals surface area contributed by atoms with Gasteiger partial charge in [0.2, 0.25) is 0 Å². The maximum absolute atomic E-state index is 11.9. The zero-order valence-corrected chi connectivity index (χ0v) is 11.0. The van der Waals surface area contributed by atoms with Crippen LogP contribution in [0.15, 0.2) is 48.8 Å². The normalized spacial score (nSPS) is 9.45. The predicted molar refractivity (Wildman–Crippen MR) is 77.8 cm³/mol. The van der Waals surface area contributed by atoms with Crippen LogP contribution in [-0.4, -0.2) is 17.4 Å². The Bertz CT molecular complexity index is 642. The number of amides is 1. The summed E-state index contributed by atoms with van der Waals surface area (Å²) in [5.74, 6) is 5.69. The van der Waals surface area contributed by atoms with Gasteiger partial charge in [0.15, 0.2) is 0 Å². The van der Waals surface area contributed by atoms with Crippen molar-refractivity contribution in [2.45, 2.75) is 6.54 Å². The lowest BCUT2D eigenvalue weighted by Crippen LogP contribution is -2.23. The highest BCUT2D eigenvalue weighted by Gasteiger charge is 2.05. The number of nitrogens with two attached hydrogens (primary N) is 1. The van der Waals surface area contributed by atoms with Crippen LogP contribution in [0.1, 0.15) is 21.5 Å². The summed E-state index contributed by atoms with van der Waals surface area (Å²) in [6.45, 7) is 0.744. The number of pyridine rings is 1. The van der Waals surface area contributed by atoms with Gasteiger partial charge in [-0.1, -0.05) is 30.0 Å². The molecule has 20 heavy (non-hydrogen) atoms. The van der Waals surface area contributed by atoms with Crippen molar-refractivity contribution in [3.8, 4) is 11.8 Å². The first-order valence-corrected chi connectivity index (χ1v) is 6.26. The Kier molecular flexibility index (Phi) is 4.87. The van der Waals surface area contributed by atoms with E-state index in [4.69, 9.17) is 5.73 Å².